The monoisotopic (exact) mass is 303 g/mol. The molecule has 2 aromatic carbocycles. The smallest absolute Gasteiger partial charge is 0.262 e. The molecule has 0 unspecified atom stereocenters. The van der Waals surface area contributed by atoms with Crippen molar-refractivity contribution in [2.24, 2.45) is 0 Å². The van der Waals surface area contributed by atoms with Gasteiger partial charge in [-0.1, -0.05) is 29.8 Å². The Bertz CT molecular complexity index is 670. The molecule has 0 heterocycles. The van der Waals surface area contributed by atoms with Gasteiger partial charge in [-0.15, -0.1) is 0 Å². The van der Waals surface area contributed by atoms with Crippen molar-refractivity contribution in [3.63, 3.8) is 0 Å². The molecule has 2 rings (SSSR count). The highest BCUT2D eigenvalue weighted by atomic mass is 35.5. The summed E-state index contributed by atoms with van der Waals surface area (Å²) in [6.07, 6.45) is 0.723. The molecule has 0 spiro atoms. The average Bonchev–Trinajstić information content (AvgIpc) is 2.49. The van der Waals surface area contributed by atoms with Gasteiger partial charge in [-0.25, -0.2) is 0 Å². The SMILES string of the molecule is Cc1ccc(NC(=O)COc2cccc(C=O)c2)cc1Cl. The molecule has 5 heteroatoms. The summed E-state index contributed by atoms with van der Waals surface area (Å²) >= 11 is 5.99. The molecule has 1 amide bonds. The number of ether oxygens (including phenoxy) is 1. The summed E-state index contributed by atoms with van der Waals surface area (Å²) in [5.74, 6) is 0.170. The topological polar surface area (TPSA) is 55.4 Å². The van der Waals surface area contributed by atoms with Crippen LogP contribution in [-0.2, 0) is 4.79 Å². The Kier molecular flexibility index (Phi) is 4.95. The summed E-state index contributed by atoms with van der Waals surface area (Å²) in [4.78, 5) is 22.4. The van der Waals surface area contributed by atoms with Gasteiger partial charge >= 0.3 is 0 Å². The van der Waals surface area contributed by atoms with Crippen LogP contribution in [-0.4, -0.2) is 18.8 Å². The second kappa shape index (κ2) is 6.90. The van der Waals surface area contributed by atoms with E-state index in [-0.39, 0.29) is 12.5 Å². The molecule has 0 aliphatic carbocycles. The third-order valence-electron chi connectivity index (χ3n) is 2.82. The van der Waals surface area contributed by atoms with Crippen LogP contribution in [0.15, 0.2) is 42.5 Å². The minimum absolute atomic E-state index is 0.145. The van der Waals surface area contributed by atoms with E-state index in [0.717, 1.165) is 11.8 Å². The summed E-state index contributed by atoms with van der Waals surface area (Å²) in [5, 5.41) is 3.28. The lowest BCUT2D eigenvalue weighted by Crippen LogP contribution is -2.20. The van der Waals surface area contributed by atoms with Crippen LogP contribution in [0, 0.1) is 6.92 Å². The van der Waals surface area contributed by atoms with Crippen LogP contribution < -0.4 is 10.1 Å². The van der Waals surface area contributed by atoms with Gasteiger partial charge in [0.15, 0.2) is 6.61 Å². The van der Waals surface area contributed by atoms with Crippen molar-refractivity contribution in [1.82, 2.24) is 0 Å². The lowest BCUT2D eigenvalue weighted by atomic mass is 10.2. The molecule has 0 aliphatic heterocycles. The number of benzene rings is 2. The highest BCUT2D eigenvalue weighted by molar-refractivity contribution is 6.31. The molecule has 0 aromatic heterocycles. The van der Waals surface area contributed by atoms with Crippen molar-refractivity contribution in [2.75, 3.05) is 11.9 Å². The molecule has 0 saturated heterocycles. The van der Waals surface area contributed by atoms with Crippen molar-refractivity contribution in [2.45, 2.75) is 6.92 Å². The van der Waals surface area contributed by atoms with Gasteiger partial charge in [0.25, 0.3) is 5.91 Å². The van der Waals surface area contributed by atoms with Crippen LogP contribution >= 0.6 is 11.6 Å². The number of anilines is 1. The summed E-state index contributed by atoms with van der Waals surface area (Å²) in [5.41, 5.74) is 2.05. The Labute approximate surface area is 127 Å². The zero-order chi connectivity index (χ0) is 15.2. The van der Waals surface area contributed by atoms with E-state index < -0.39 is 0 Å². The third kappa shape index (κ3) is 4.33. The second-order valence-electron chi connectivity index (χ2n) is 4.49. The zero-order valence-corrected chi connectivity index (χ0v) is 12.2. The quantitative estimate of drug-likeness (QED) is 0.860. The van der Waals surface area contributed by atoms with Gasteiger partial charge < -0.3 is 10.1 Å². The second-order valence-corrected chi connectivity index (χ2v) is 4.90. The Hall–Kier alpha value is -2.33. The normalized spacial score (nSPS) is 10.0. The first-order valence-electron chi connectivity index (χ1n) is 6.32. The molecule has 4 nitrogen and oxygen atoms in total. The van der Waals surface area contributed by atoms with Gasteiger partial charge in [0.1, 0.15) is 12.0 Å². The van der Waals surface area contributed by atoms with Crippen LogP contribution in [0.5, 0.6) is 5.75 Å². The number of aryl methyl sites for hydroxylation is 1. The summed E-state index contributed by atoms with van der Waals surface area (Å²) < 4.78 is 5.33. The van der Waals surface area contributed by atoms with Gasteiger partial charge in [0.05, 0.1) is 0 Å². The number of amides is 1. The molecule has 0 aliphatic rings. The lowest BCUT2D eigenvalue weighted by molar-refractivity contribution is -0.118. The number of carbonyl (C=O) groups is 2. The summed E-state index contributed by atoms with van der Waals surface area (Å²) in [6.45, 7) is 1.74. The number of nitrogens with one attached hydrogen (secondary N) is 1. The molecule has 21 heavy (non-hydrogen) atoms. The Balaban J connectivity index is 1.92. The van der Waals surface area contributed by atoms with Crippen molar-refractivity contribution in [1.29, 1.82) is 0 Å². The van der Waals surface area contributed by atoms with Gasteiger partial charge in [0.2, 0.25) is 0 Å². The fourth-order valence-electron chi connectivity index (χ4n) is 1.69. The molecule has 0 atom stereocenters. The molecule has 0 bridgehead atoms. The molecule has 2 aromatic rings. The van der Waals surface area contributed by atoms with Gasteiger partial charge in [0, 0.05) is 16.3 Å². The average molecular weight is 304 g/mol. The number of hydrogen-bond acceptors (Lipinski definition) is 3. The molecule has 0 saturated carbocycles. The first kappa shape index (κ1) is 15.1. The van der Waals surface area contributed by atoms with Crippen LogP contribution in [0.2, 0.25) is 5.02 Å². The Morgan fingerprint density at radius 2 is 2.10 bits per heavy atom. The van der Waals surface area contributed by atoms with Crippen LogP contribution in [0.25, 0.3) is 0 Å². The van der Waals surface area contributed by atoms with Gasteiger partial charge in [-0.2, -0.15) is 0 Å². The van der Waals surface area contributed by atoms with E-state index in [1.165, 1.54) is 0 Å². The molecule has 0 fully saturated rings. The van der Waals surface area contributed by atoms with Crippen LogP contribution in [0.4, 0.5) is 5.69 Å². The number of carbonyl (C=O) groups excluding carboxylic acids is 2. The summed E-state index contributed by atoms with van der Waals surface area (Å²) in [7, 11) is 0. The van der Waals surface area contributed by atoms with Crippen molar-refractivity contribution >= 4 is 29.5 Å². The standard InChI is InChI=1S/C16H14ClNO3/c1-11-5-6-13(8-15(11)17)18-16(20)10-21-14-4-2-3-12(7-14)9-19/h2-9H,10H2,1H3,(H,18,20). The lowest BCUT2D eigenvalue weighted by Gasteiger charge is -2.08. The largest absolute Gasteiger partial charge is 0.484 e. The van der Waals surface area contributed by atoms with Crippen molar-refractivity contribution in [3.8, 4) is 5.75 Å². The van der Waals surface area contributed by atoms with E-state index >= 15 is 0 Å². The molecule has 108 valence electrons. The fourth-order valence-corrected chi connectivity index (χ4v) is 1.87. The number of halogens is 1. The first-order valence-corrected chi connectivity index (χ1v) is 6.70. The number of aldehydes is 1. The number of hydrogen-bond donors (Lipinski definition) is 1. The predicted molar refractivity (Wildman–Crippen MR) is 82.1 cm³/mol. The summed E-state index contributed by atoms with van der Waals surface area (Å²) in [6, 6.07) is 11.9. The highest BCUT2D eigenvalue weighted by Crippen LogP contribution is 2.20. The van der Waals surface area contributed by atoms with Crippen molar-refractivity contribution < 1.29 is 14.3 Å². The maximum atomic E-state index is 11.8. The first-order chi connectivity index (χ1) is 10.1. The fraction of sp³-hybridized carbons (Fsp3) is 0.125. The number of rotatable bonds is 5. The molecule has 0 radical (unpaired) electrons. The third-order valence-corrected chi connectivity index (χ3v) is 3.23. The van der Waals surface area contributed by atoms with E-state index in [0.29, 0.717) is 22.0 Å². The molecular weight excluding hydrogens is 290 g/mol. The van der Waals surface area contributed by atoms with Crippen molar-refractivity contribution in [3.05, 3.63) is 58.6 Å². The van der Waals surface area contributed by atoms with E-state index in [9.17, 15) is 9.59 Å². The molecular formula is C16H14ClNO3. The van der Waals surface area contributed by atoms with Gasteiger partial charge in [-0.05, 0) is 36.8 Å². The predicted octanol–water partition coefficient (Wildman–Crippen LogP) is 3.48. The molecule has 1 N–H and O–H groups in total. The van der Waals surface area contributed by atoms with E-state index in [2.05, 4.69) is 5.32 Å². The van der Waals surface area contributed by atoms with E-state index in [1.807, 2.05) is 13.0 Å². The van der Waals surface area contributed by atoms with E-state index in [4.69, 9.17) is 16.3 Å². The van der Waals surface area contributed by atoms with Gasteiger partial charge in [-0.3, -0.25) is 9.59 Å². The minimum atomic E-state index is -0.300. The Morgan fingerprint density at radius 1 is 1.29 bits per heavy atom. The highest BCUT2D eigenvalue weighted by Gasteiger charge is 2.05. The maximum absolute atomic E-state index is 11.8. The van der Waals surface area contributed by atoms with E-state index in [1.54, 1.807) is 36.4 Å². The minimum Gasteiger partial charge on any atom is -0.484 e. The van der Waals surface area contributed by atoms with Crippen LogP contribution in [0.1, 0.15) is 15.9 Å². The zero-order valence-electron chi connectivity index (χ0n) is 11.4. The Morgan fingerprint density at radius 3 is 2.81 bits per heavy atom. The maximum Gasteiger partial charge on any atom is 0.262 e. The van der Waals surface area contributed by atoms with Crippen LogP contribution in [0.3, 0.4) is 0 Å².